The third-order valence-corrected chi connectivity index (χ3v) is 7.22. The van der Waals surface area contributed by atoms with E-state index in [9.17, 15) is 4.79 Å². The van der Waals surface area contributed by atoms with Crippen molar-refractivity contribution < 1.29 is 23.7 Å². The lowest BCUT2D eigenvalue weighted by atomic mass is 9.85. The SMILES string of the molecule is O=C(NC1CCCCC1)N[C@H]1CO[C@@H]2[C@@H](CC(Cc3ccccc3)C3=COCO3)CO[C@@H]21. The highest BCUT2D eigenvalue weighted by Gasteiger charge is 2.49. The number of amides is 2. The second-order valence-electron chi connectivity index (χ2n) is 9.49. The second kappa shape index (κ2) is 10.1. The van der Waals surface area contributed by atoms with Gasteiger partial charge in [-0.1, -0.05) is 49.6 Å². The fourth-order valence-corrected chi connectivity index (χ4v) is 5.58. The quantitative estimate of drug-likeness (QED) is 0.676. The monoisotopic (exact) mass is 442 g/mol. The summed E-state index contributed by atoms with van der Waals surface area (Å²) < 4.78 is 23.4. The number of hydrogen-bond donors (Lipinski definition) is 2. The Kier molecular flexibility index (Phi) is 6.83. The van der Waals surface area contributed by atoms with Crippen molar-refractivity contribution >= 4 is 6.03 Å². The van der Waals surface area contributed by atoms with E-state index < -0.39 is 0 Å². The highest BCUT2D eigenvalue weighted by atomic mass is 16.7. The molecule has 1 aliphatic carbocycles. The first-order chi connectivity index (χ1) is 15.8. The number of carbonyl (C=O) groups excluding carboxylic acids is 1. The molecular formula is C25H34N2O5. The van der Waals surface area contributed by atoms with E-state index in [2.05, 4.69) is 34.9 Å². The van der Waals surface area contributed by atoms with Gasteiger partial charge in [0.15, 0.2) is 0 Å². The number of allylic oxidation sites excluding steroid dienone is 1. The van der Waals surface area contributed by atoms with Crippen molar-refractivity contribution in [2.24, 2.45) is 11.8 Å². The van der Waals surface area contributed by atoms with Crippen LogP contribution in [0.1, 0.15) is 44.1 Å². The van der Waals surface area contributed by atoms with Crippen LogP contribution in [0.4, 0.5) is 4.79 Å². The molecule has 1 unspecified atom stereocenters. The van der Waals surface area contributed by atoms with Crippen LogP contribution in [0, 0.1) is 11.8 Å². The van der Waals surface area contributed by atoms with Gasteiger partial charge in [-0.2, -0.15) is 0 Å². The van der Waals surface area contributed by atoms with Crippen molar-refractivity contribution in [3.8, 4) is 0 Å². The Balaban J connectivity index is 1.17. The zero-order valence-electron chi connectivity index (χ0n) is 18.5. The molecule has 5 atom stereocenters. The Morgan fingerprint density at radius 1 is 1.00 bits per heavy atom. The first-order valence-corrected chi connectivity index (χ1v) is 12.0. The number of hydrogen-bond acceptors (Lipinski definition) is 5. The summed E-state index contributed by atoms with van der Waals surface area (Å²) in [5.41, 5.74) is 1.27. The molecule has 7 heteroatoms. The third-order valence-electron chi connectivity index (χ3n) is 7.22. The number of ether oxygens (including phenoxy) is 4. The minimum Gasteiger partial charge on any atom is -0.462 e. The van der Waals surface area contributed by atoms with Gasteiger partial charge in [0.05, 0.1) is 25.4 Å². The Labute approximate surface area is 189 Å². The van der Waals surface area contributed by atoms with Crippen LogP contribution >= 0.6 is 0 Å². The molecule has 2 amide bonds. The van der Waals surface area contributed by atoms with E-state index in [1.807, 2.05) is 6.07 Å². The molecule has 32 heavy (non-hydrogen) atoms. The summed E-state index contributed by atoms with van der Waals surface area (Å²) in [6.07, 6.45) is 9.24. The highest BCUT2D eigenvalue weighted by molar-refractivity contribution is 5.74. The van der Waals surface area contributed by atoms with Gasteiger partial charge in [0, 0.05) is 17.9 Å². The summed E-state index contributed by atoms with van der Waals surface area (Å²) in [5, 5.41) is 6.24. The van der Waals surface area contributed by atoms with Crippen molar-refractivity contribution in [3.05, 3.63) is 47.9 Å². The molecule has 0 spiro atoms. The van der Waals surface area contributed by atoms with Crippen LogP contribution in [-0.4, -0.2) is 50.3 Å². The van der Waals surface area contributed by atoms with Crippen molar-refractivity contribution in [1.29, 1.82) is 0 Å². The fraction of sp³-hybridized carbons (Fsp3) is 0.640. The lowest BCUT2D eigenvalue weighted by Gasteiger charge is -2.25. The van der Waals surface area contributed by atoms with Crippen molar-refractivity contribution in [3.63, 3.8) is 0 Å². The molecule has 3 fully saturated rings. The fourth-order valence-electron chi connectivity index (χ4n) is 5.58. The molecule has 0 radical (unpaired) electrons. The predicted molar refractivity (Wildman–Crippen MR) is 119 cm³/mol. The van der Waals surface area contributed by atoms with Gasteiger partial charge < -0.3 is 29.6 Å². The molecule has 3 aliphatic heterocycles. The first-order valence-electron chi connectivity index (χ1n) is 12.0. The normalized spacial score (nSPS) is 30.7. The summed E-state index contributed by atoms with van der Waals surface area (Å²) >= 11 is 0. The highest BCUT2D eigenvalue weighted by Crippen LogP contribution is 2.38. The summed E-state index contributed by atoms with van der Waals surface area (Å²) in [6.45, 7) is 1.42. The summed E-state index contributed by atoms with van der Waals surface area (Å²) in [5.74, 6) is 1.36. The Morgan fingerprint density at radius 3 is 2.59 bits per heavy atom. The smallest absolute Gasteiger partial charge is 0.315 e. The van der Waals surface area contributed by atoms with E-state index in [1.54, 1.807) is 6.26 Å². The maximum Gasteiger partial charge on any atom is 0.315 e. The van der Waals surface area contributed by atoms with Gasteiger partial charge in [-0.3, -0.25) is 0 Å². The number of carbonyl (C=O) groups is 1. The average Bonchev–Trinajstić information content (AvgIpc) is 3.55. The zero-order valence-corrected chi connectivity index (χ0v) is 18.5. The molecule has 7 nitrogen and oxygen atoms in total. The van der Waals surface area contributed by atoms with E-state index in [4.69, 9.17) is 18.9 Å². The molecule has 3 heterocycles. The predicted octanol–water partition coefficient (Wildman–Crippen LogP) is 3.50. The topological polar surface area (TPSA) is 78.1 Å². The molecule has 1 saturated carbocycles. The van der Waals surface area contributed by atoms with Gasteiger partial charge in [-0.05, 0) is 31.2 Å². The minimum absolute atomic E-state index is 0.00354. The lowest BCUT2D eigenvalue weighted by molar-refractivity contribution is 0.0510. The van der Waals surface area contributed by atoms with Crippen LogP contribution in [0.25, 0.3) is 0 Å². The molecule has 1 aromatic rings. The van der Waals surface area contributed by atoms with Crippen LogP contribution in [-0.2, 0) is 25.4 Å². The van der Waals surface area contributed by atoms with Gasteiger partial charge in [0.2, 0.25) is 6.79 Å². The van der Waals surface area contributed by atoms with Gasteiger partial charge in [-0.25, -0.2) is 4.79 Å². The van der Waals surface area contributed by atoms with Crippen LogP contribution < -0.4 is 10.6 Å². The Hall–Kier alpha value is -2.25. The van der Waals surface area contributed by atoms with E-state index in [0.717, 1.165) is 31.4 Å². The van der Waals surface area contributed by atoms with E-state index >= 15 is 0 Å². The molecule has 0 aromatic heterocycles. The third kappa shape index (κ3) is 5.04. The molecule has 0 bridgehead atoms. The number of urea groups is 1. The number of benzene rings is 1. The standard InChI is InChI=1S/C25H34N2O5/c28-25(26-20-9-5-2-6-10-20)27-21-14-31-23-19(13-30-24(21)23)12-18(22-15-29-16-32-22)11-17-7-3-1-4-8-17/h1,3-4,7-8,15,18-21,23-24H,2,5-6,9-14,16H2,(H2,26,27,28)/t18?,19-,21-,23+,24+/m0/s1. The van der Waals surface area contributed by atoms with Crippen LogP contribution in [0.5, 0.6) is 0 Å². The summed E-state index contributed by atoms with van der Waals surface area (Å²) in [6, 6.07) is 10.6. The van der Waals surface area contributed by atoms with Gasteiger partial charge in [0.25, 0.3) is 0 Å². The van der Waals surface area contributed by atoms with Gasteiger partial charge in [-0.15, -0.1) is 0 Å². The molecule has 4 aliphatic rings. The van der Waals surface area contributed by atoms with Crippen LogP contribution in [0.15, 0.2) is 42.4 Å². The molecule has 2 saturated heterocycles. The van der Waals surface area contributed by atoms with Crippen molar-refractivity contribution in [2.45, 2.75) is 69.2 Å². The molecule has 1 aromatic carbocycles. The number of rotatable bonds is 7. The molecule has 2 N–H and O–H groups in total. The van der Waals surface area contributed by atoms with Crippen molar-refractivity contribution in [2.75, 3.05) is 20.0 Å². The summed E-state index contributed by atoms with van der Waals surface area (Å²) in [7, 11) is 0. The number of nitrogens with one attached hydrogen (secondary N) is 2. The number of fused-ring (bicyclic) bond motifs is 1. The minimum atomic E-state index is -0.105. The van der Waals surface area contributed by atoms with Gasteiger partial charge >= 0.3 is 6.03 Å². The lowest BCUT2D eigenvalue weighted by Crippen LogP contribution is -2.50. The van der Waals surface area contributed by atoms with E-state index in [1.165, 1.54) is 24.8 Å². The van der Waals surface area contributed by atoms with E-state index in [-0.39, 0.29) is 42.9 Å². The molecular weight excluding hydrogens is 408 g/mol. The molecule has 5 rings (SSSR count). The second-order valence-corrected chi connectivity index (χ2v) is 9.49. The molecule has 174 valence electrons. The maximum atomic E-state index is 12.5. The van der Waals surface area contributed by atoms with Crippen molar-refractivity contribution in [1.82, 2.24) is 10.6 Å². The Bertz CT molecular complexity index is 795. The van der Waals surface area contributed by atoms with Crippen LogP contribution in [0.3, 0.4) is 0 Å². The summed E-state index contributed by atoms with van der Waals surface area (Å²) in [4.78, 5) is 12.5. The largest absolute Gasteiger partial charge is 0.462 e. The van der Waals surface area contributed by atoms with Gasteiger partial charge in [0.1, 0.15) is 18.1 Å². The zero-order chi connectivity index (χ0) is 21.8. The van der Waals surface area contributed by atoms with Crippen LogP contribution in [0.2, 0.25) is 0 Å². The Morgan fingerprint density at radius 2 is 1.81 bits per heavy atom. The maximum absolute atomic E-state index is 12.5. The van der Waals surface area contributed by atoms with E-state index in [0.29, 0.717) is 19.3 Å². The first kappa shape index (κ1) is 21.6. The average molecular weight is 443 g/mol.